The van der Waals surface area contributed by atoms with Crippen LogP contribution < -0.4 is 0 Å². The first-order chi connectivity index (χ1) is 13.9. The predicted octanol–water partition coefficient (Wildman–Crippen LogP) is 5.48. The molecule has 0 radical (unpaired) electrons. The van der Waals surface area contributed by atoms with Crippen LogP contribution in [-0.4, -0.2) is 20.6 Å². The average molecular weight is 407 g/mol. The number of halogens is 1. The number of fused-ring (bicyclic) bond motifs is 1. The molecular weight excluding hydrogens is 392 g/mol. The number of carboxylic acid groups (broad SMARTS) is 1. The van der Waals surface area contributed by atoms with Crippen LogP contribution in [0.15, 0.2) is 72.9 Å². The van der Waals surface area contributed by atoms with E-state index >= 15 is 0 Å². The summed E-state index contributed by atoms with van der Waals surface area (Å²) in [6, 6.07) is 19.0. The monoisotopic (exact) mass is 406 g/mol. The molecule has 0 aliphatic carbocycles. The SMILES string of the molecule is O=C(O)c1cc(Cl)ccc1Cc1ccc2c(ccn2-c2ccccc2[N+](=O)[O-])c1. The van der Waals surface area contributed by atoms with Crippen molar-refractivity contribution in [1.82, 2.24) is 4.57 Å². The van der Waals surface area contributed by atoms with E-state index in [2.05, 4.69) is 0 Å². The summed E-state index contributed by atoms with van der Waals surface area (Å²) in [5.41, 5.74) is 3.13. The van der Waals surface area contributed by atoms with Gasteiger partial charge in [-0.2, -0.15) is 0 Å². The van der Waals surface area contributed by atoms with Crippen molar-refractivity contribution in [2.24, 2.45) is 0 Å². The predicted molar refractivity (Wildman–Crippen MR) is 111 cm³/mol. The Labute approximate surface area is 170 Å². The van der Waals surface area contributed by atoms with Crippen LogP contribution in [0.5, 0.6) is 0 Å². The van der Waals surface area contributed by atoms with Crippen LogP contribution in [-0.2, 0) is 6.42 Å². The summed E-state index contributed by atoms with van der Waals surface area (Å²) in [6.07, 6.45) is 2.23. The van der Waals surface area contributed by atoms with Crippen molar-refractivity contribution in [2.45, 2.75) is 6.42 Å². The van der Waals surface area contributed by atoms with Crippen molar-refractivity contribution in [1.29, 1.82) is 0 Å². The quantitative estimate of drug-likeness (QED) is 0.351. The Morgan fingerprint density at radius 1 is 1.07 bits per heavy atom. The molecule has 0 aliphatic heterocycles. The Hall–Kier alpha value is -3.64. The van der Waals surface area contributed by atoms with Gasteiger partial charge in [-0.15, -0.1) is 0 Å². The molecule has 0 bridgehead atoms. The molecule has 6 nitrogen and oxygen atoms in total. The van der Waals surface area contributed by atoms with Crippen molar-refractivity contribution < 1.29 is 14.8 Å². The van der Waals surface area contributed by atoms with Gasteiger partial charge < -0.3 is 9.67 Å². The molecule has 0 fully saturated rings. The molecule has 1 heterocycles. The Morgan fingerprint density at radius 3 is 2.62 bits per heavy atom. The van der Waals surface area contributed by atoms with Crippen molar-refractivity contribution in [3.05, 3.63) is 105 Å². The minimum absolute atomic E-state index is 0.0290. The molecule has 29 heavy (non-hydrogen) atoms. The maximum absolute atomic E-state index is 11.5. The van der Waals surface area contributed by atoms with E-state index in [1.807, 2.05) is 24.3 Å². The minimum Gasteiger partial charge on any atom is -0.478 e. The highest BCUT2D eigenvalue weighted by Crippen LogP contribution is 2.28. The van der Waals surface area contributed by atoms with Crippen molar-refractivity contribution >= 4 is 34.2 Å². The molecule has 0 saturated heterocycles. The Bertz CT molecular complexity index is 1260. The van der Waals surface area contributed by atoms with Gasteiger partial charge in [0.15, 0.2) is 0 Å². The molecule has 0 atom stereocenters. The zero-order valence-corrected chi connectivity index (χ0v) is 15.8. The molecule has 0 saturated carbocycles. The van der Waals surface area contributed by atoms with Crippen molar-refractivity contribution in [3.8, 4) is 5.69 Å². The van der Waals surface area contributed by atoms with Gasteiger partial charge in [0, 0.05) is 22.7 Å². The number of carboxylic acids is 1. The number of rotatable bonds is 5. The van der Waals surface area contributed by atoms with E-state index < -0.39 is 10.9 Å². The molecule has 4 rings (SSSR count). The summed E-state index contributed by atoms with van der Waals surface area (Å²) >= 11 is 5.92. The van der Waals surface area contributed by atoms with Gasteiger partial charge in [0.2, 0.25) is 0 Å². The molecule has 144 valence electrons. The molecule has 0 aliphatic rings. The molecule has 0 spiro atoms. The fraction of sp³-hybridized carbons (Fsp3) is 0.0455. The van der Waals surface area contributed by atoms with E-state index in [4.69, 9.17) is 11.6 Å². The third-order valence-electron chi connectivity index (χ3n) is 4.79. The second-order valence-corrected chi connectivity index (χ2v) is 7.04. The number of aromatic carboxylic acids is 1. The van der Waals surface area contributed by atoms with E-state index in [1.165, 1.54) is 12.1 Å². The second-order valence-electron chi connectivity index (χ2n) is 6.61. The van der Waals surface area contributed by atoms with Crippen LogP contribution in [0.2, 0.25) is 5.02 Å². The van der Waals surface area contributed by atoms with Crippen LogP contribution in [0.25, 0.3) is 16.6 Å². The summed E-state index contributed by atoms with van der Waals surface area (Å²) in [5.74, 6) is -1.02. The first-order valence-corrected chi connectivity index (χ1v) is 9.17. The molecule has 4 aromatic rings. The van der Waals surface area contributed by atoms with Gasteiger partial charge in [0.1, 0.15) is 5.69 Å². The number of nitrogens with zero attached hydrogens (tertiary/aromatic N) is 2. The largest absolute Gasteiger partial charge is 0.478 e. The summed E-state index contributed by atoms with van der Waals surface area (Å²) in [4.78, 5) is 22.5. The molecule has 1 aromatic heterocycles. The van der Waals surface area contributed by atoms with Crippen molar-refractivity contribution in [3.63, 3.8) is 0 Å². The fourth-order valence-electron chi connectivity index (χ4n) is 3.46. The fourth-order valence-corrected chi connectivity index (χ4v) is 3.63. The highest BCUT2D eigenvalue weighted by atomic mass is 35.5. The zero-order valence-electron chi connectivity index (χ0n) is 15.1. The number of para-hydroxylation sites is 2. The lowest BCUT2D eigenvalue weighted by atomic mass is 9.99. The topological polar surface area (TPSA) is 85.4 Å². The van der Waals surface area contributed by atoms with Crippen LogP contribution in [0, 0.1) is 10.1 Å². The number of carbonyl (C=O) groups is 1. The first-order valence-electron chi connectivity index (χ1n) is 8.79. The molecule has 0 amide bonds. The van der Waals surface area contributed by atoms with Gasteiger partial charge in [0.05, 0.1) is 16.0 Å². The van der Waals surface area contributed by atoms with E-state index in [0.29, 0.717) is 22.7 Å². The normalized spacial score (nSPS) is 10.9. The Balaban J connectivity index is 1.74. The summed E-state index contributed by atoms with van der Waals surface area (Å²) < 4.78 is 1.78. The molecular formula is C22H15ClN2O4. The van der Waals surface area contributed by atoms with Gasteiger partial charge in [-0.25, -0.2) is 4.79 Å². The lowest BCUT2D eigenvalue weighted by Crippen LogP contribution is -2.03. The van der Waals surface area contributed by atoms with Gasteiger partial charge in [-0.05, 0) is 53.9 Å². The third kappa shape index (κ3) is 3.58. The number of aromatic nitrogens is 1. The zero-order chi connectivity index (χ0) is 20.5. The van der Waals surface area contributed by atoms with E-state index in [1.54, 1.807) is 41.1 Å². The number of hydrogen-bond acceptors (Lipinski definition) is 3. The lowest BCUT2D eigenvalue weighted by Gasteiger charge is -2.09. The van der Waals surface area contributed by atoms with E-state index in [0.717, 1.165) is 16.5 Å². The standard InChI is InChI=1S/C22H15ClN2O4/c23-17-7-6-15(18(13-17)22(26)27)11-14-5-8-19-16(12-14)9-10-24(19)20-3-1-2-4-21(20)25(28)29/h1-10,12-13H,11H2,(H,26,27). The lowest BCUT2D eigenvalue weighted by molar-refractivity contribution is -0.384. The van der Waals surface area contributed by atoms with Crippen LogP contribution in [0.3, 0.4) is 0 Å². The minimum atomic E-state index is -1.02. The third-order valence-corrected chi connectivity index (χ3v) is 5.02. The van der Waals surface area contributed by atoms with Gasteiger partial charge >= 0.3 is 5.97 Å². The average Bonchev–Trinajstić information content (AvgIpc) is 3.12. The van der Waals surface area contributed by atoms with E-state index in [9.17, 15) is 20.0 Å². The van der Waals surface area contributed by atoms with Gasteiger partial charge in [0.25, 0.3) is 5.69 Å². The summed E-state index contributed by atoms with van der Waals surface area (Å²) in [7, 11) is 0. The number of nitro groups is 1. The number of hydrogen-bond donors (Lipinski definition) is 1. The molecule has 7 heteroatoms. The van der Waals surface area contributed by atoms with Crippen molar-refractivity contribution in [2.75, 3.05) is 0 Å². The Kier molecular flexibility index (Phi) is 4.78. The van der Waals surface area contributed by atoms with Crippen LogP contribution in [0.1, 0.15) is 21.5 Å². The summed E-state index contributed by atoms with van der Waals surface area (Å²) in [6.45, 7) is 0. The van der Waals surface area contributed by atoms with E-state index in [-0.39, 0.29) is 11.3 Å². The van der Waals surface area contributed by atoms with Gasteiger partial charge in [-0.3, -0.25) is 10.1 Å². The smallest absolute Gasteiger partial charge is 0.336 e. The Morgan fingerprint density at radius 2 is 1.86 bits per heavy atom. The second kappa shape index (κ2) is 7.41. The summed E-state index contributed by atoms with van der Waals surface area (Å²) in [5, 5.41) is 22.1. The maximum Gasteiger partial charge on any atom is 0.336 e. The highest BCUT2D eigenvalue weighted by molar-refractivity contribution is 6.31. The molecule has 3 aromatic carbocycles. The highest BCUT2D eigenvalue weighted by Gasteiger charge is 2.16. The van der Waals surface area contributed by atoms with Crippen LogP contribution >= 0.6 is 11.6 Å². The number of nitro benzene ring substituents is 1. The maximum atomic E-state index is 11.5. The van der Waals surface area contributed by atoms with Gasteiger partial charge in [-0.1, -0.05) is 35.9 Å². The van der Waals surface area contributed by atoms with Crippen LogP contribution in [0.4, 0.5) is 5.69 Å². The first kappa shape index (κ1) is 18.7. The molecule has 0 unspecified atom stereocenters. The molecule has 1 N–H and O–H groups in total. The number of benzene rings is 3.